The predicted molar refractivity (Wildman–Crippen MR) is 107 cm³/mol. The number of carbonyl (C=O) groups excluding carboxylic acids is 1. The third kappa shape index (κ3) is 4.33. The van der Waals surface area contributed by atoms with E-state index in [1.54, 1.807) is 6.92 Å². The van der Waals surface area contributed by atoms with E-state index in [0.29, 0.717) is 6.54 Å². The van der Waals surface area contributed by atoms with Crippen molar-refractivity contribution in [2.24, 2.45) is 0 Å². The van der Waals surface area contributed by atoms with E-state index in [1.807, 2.05) is 79.8 Å². The number of likely N-dealkylation sites (N-methyl/N-ethyl adjacent to an activating group) is 1. The Balaban J connectivity index is 1.53. The monoisotopic (exact) mass is 348 g/mol. The molecule has 0 aromatic heterocycles. The van der Waals surface area contributed by atoms with Crippen LogP contribution in [0.5, 0.6) is 5.75 Å². The summed E-state index contributed by atoms with van der Waals surface area (Å²) < 4.78 is 5.91. The van der Waals surface area contributed by atoms with E-state index in [9.17, 15) is 4.79 Å². The maximum Gasteiger partial charge on any atom is 0.260 e. The number of ether oxygens (including phenoxy) is 1. The smallest absolute Gasteiger partial charge is 0.260 e. The van der Waals surface area contributed by atoms with Gasteiger partial charge in [0.05, 0.1) is 0 Å². The Morgan fingerprint density at radius 3 is 2.50 bits per heavy atom. The second-order valence-electron chi connectivity index (χ2n) is 6.29. The van der Waals surface area contributed by atoms with E-state index in [0.717, 1.165) is 28.8 Å². The SMILES string of the molecule is C[C@H](Oc1cccc2ccccc12)C(=O)NCCN(C)c1ccccc1. The molecule has 0 saturated heterocycles. The van der Waals surface area contributed by atoms with Crippen molar-refractivity contribution in [1.82, 2.24) is 5.32 Å². The van der Waals surface area contributed by atoms with Crippen molar-refractivity contribution in [3.05, 3.63) is 72.8 Å². The second kappa shape index (κ2) is 8.39. The van der Waals surface area contributed by atoms with Crippen LogP contribution in [0, 0.1) is 0 Å². The Bertz CT molecular complexity index is 859. The Hall–Kier alpha value is -3.01. The molecule has 3 aromatic rings. The third-order valence-electron chi connectivity index (χ3n) is 4.37. The van der Waals surface area contributed by atoms with Gasteiger partial charge in [0.1, 0.15) is 5.75 Å². The lowest BCUT2D eigenvalue weighted by Gasteiger charge is -2.20. The normalized spacial score (nSPS) is 11.8. The molecule has 0 heterocycles. The Kier molecular flexibility index (Phi) is 5.74. The number of rotatable bonds is 7. The quantitative estimate of drug-likeness (QED) is 0.705. The van der Waals surface area contributed by atoms with Crippen LogP contribution in [0.4, 0.5) is 5.69 Å². The number of para-hydroxylation sites is 1. The fraction of sp³-hybridized carbons (Fsp3) is 0.227. The van der Waals surface area contributed by atoms with Gasteiger partial charge in [-0.3, -0.25) is 4.79 Å². The Morgan fingerprint density at radius 1 is 1.00 bits per heavy atom. The molecule has 0 fully saturated rings. The lowest BCUT2D eigenvalue weighted by Crippen LogP contribution is -2.40. The van der Waals surface area contributed by atoms with Crippen LogP contribution in [-0.4, -0.2) is 32.1 Å². The minimum Gasteiger partial charge on any atom is -0.480 e. The first-order valence-corrected chi connectivity index (χ1v) is 8.83. The number of hydrogen-bond acceptors (Lipinski definition) is 3. The van der Waals surface area contributed by atoms with Gasteiger partial charge >= 0.3 is 0 Å². The number of carbonyl (C=O) groups is 1. The van der Waals surface area contributed by atoms with Crippen molar-refractivity contribution in [1.29, 1.82) is 0 Å². The molecule has 0 aliphatic heterocycles. The number of nitrogens with zero attached hydrogens (tertiary/aromatic N) is 1. The van der Waals surface area contributed by atoms with E-state index in [1.165, 1.54) is 0 Å². The summed E-state index contributed by atoms with van der Waals surface area (Å²) in [5, 5.41) is 5.06. The van der Waals surface area contributed by atoms with Crippen molar-refractivity contribution in [3.8, 4) is 5.75 Å². The van der Waals surface area contributed by atoms with Crippen molar-refractivity contribution in [3.63, 3.8) is 0 Å². The largest absolute Gasteiger partial charge is 0.480 e. The van der Waals surface area contributed by atoms with Crippen molar-refractivity contribution in [2.45, 2.75) is 13.0 Å². The number of amides is 1. The molecule has 0 aliphatic carbocycles. The van der Waals surface area contributed by atoms with Gasteiger partial charge in [0.25, 0.3) is 5.91 Å². The van der Waals surface area contributed by atoms with E-state index in [-0.39, 0.29) is 5.91 Å². The van der Waals surface area contributed by atoms with Crippen molar-refractivity contribution >= 4 is 22.4 Å². The van der Waals surface area contributed by atoms with Crippen LogP contribution in [0.3, 0.4) is 0 Å². The fourth-order valence-corrected chi connectivity index (χ4v) is 2.84. The zero-order valence-electron chi connectivity index (χ0n) is 15.2. The van der Waals surface area contributed by atoms with Gasteiger partial charge in [-0.05, 0) is 30.5 Å². The van der Waals surface area contributed by atoms with Gasteiger partial charge in [0.15, 0.2) is 6.10 Å². The van der Waals surface area contributed by atoms with Crippen LogP contribution in [0.25, 0.3) is 10.8 Å². The highest BCUT2D eigenvalue weighted by molar-refractivity contribution is 5.89. The third-order valence-corrected chi connectivity index (χ3v) is 4.37. The molecule has 4 nitrogen and oxygen atoms in total. The summed E-state index contributed by atoms with van der Waals surface area (Å²) in [7, 11) is 2.01. The average molecular weight is 348 g/mol. The number of anilines is 1. The van der Waals surface area contributed by atoms with Gasteiger partial charge in [0, 0.05) is 31.2 Å². The summed E-state index contributed by atoms with van der Waals surface area (Å²) >= 11 is 0. The van der Waals surface area contributed by atoms with Crippen LogP contribution < -0.4 is 15.0 Å². The van der Waals surface area contributed by atoms with E-state index in [2.05, 4.69) is 10.2 Å². The summed E-state index contributed by atoms with van der Waals surface area (Å²) in [6, 6.07) is 24.0. The van der Waals surface area contributed by atoms with Crippen LogP contribution in [0.1, 0.15) is 6.92 Å². The summed E-state index contributed by atoms with van der Waals surface area (Å²) in [5.74, 6) is 0.617. The number of hydrogen-bond donors (Lipinski definition) is 1. The Morgan fingerprint density at radius 2 is 1.69 bits per heavy atom. The van der Waals surface area contributed by atoms with Gasteiger partial charge in [-0.1, -0.05) is 54.6 Å². The molecule has 1 atom stereocenters. The molecule has 1 amide bonds. The van der Waals surface area contributed by atoms with E-state index >= 15 is 0 Å². The molecule has 3 rings (SSSR count). The summed E-state index contributed by atoms with van der Waals surface area (Å²) in [6.07, 6.45) is -0.553. The molecule has 0 radical (unpaired) electrons. The minimum atomic E-state index is -0.553. The summed E-state index contributed by atoms with van der Waals surface area (Å²) in [5.41, 5.74) is 1.13. The number of nitrogens with one attached hydrogen (secondary N) is 1. The maximum absolute atomic E-state index is 12.3. The zero-order valence-corrected chi connectivity index (χ0v) is 15.2. The molecule has 26 heavy (non-hydrogen) atoms. The van der Waals surface area contributed by atoms with Crippen LogP contribution in [-0.2, 0) is 4.79 Å². The summed E-state index contributed by atoms with van der Waals surface area (Å²) in [6.45, 7) is 3.07. The van der Waals surface area contributed by atoms with Crippen LogP contribution in [0.2, 0.25) is 0 Å². The number of benzene rings is 3. The molecule has 0 aliphatic rings. The zero-order chi connectivity index (χ0) is 18.4. The highest BCUT2D eigenvalue weighted by Gasteiger charge is 2.15. The van der Waals surface area contributed by atoms with Crippen molar-refractivity contribution in [2.75, 3.05) is 25.0 Å². The molecule has 0 unspecified atom stereocenters. The average Bonchev–Trinajstić information content (AvgIpc) is 2.68. The van der Waals surface area contributed by atoms with Gasteiger partial charge in [-0.25, -0.2) is 0 Å². The molecule has 134 valence electrons. The van der Waals surface area contributed by atoms with Crippen LogP contribution in [0.15, 0.2) is 72.8 Å². The van der Waals surface area contributed by atoms with Gasteiger partial charge in [0.2, 0.25) is 0 Å². The van der Waals surface area contributed by atoms with Gasteiger partial charge in [-0.2, -0.15) is 0 Å². The molecule has 0 spiro atoms. The maximum atomic E-state index is 12.3. The lowest BCUT2D eigenvalue weighted by atomic mass is 10.1. The highest BCUT2D eigenvalue weighted by Crippen LogP contribution is 2.26. The first-order chi connectivity index (χ1) is 12.6. The lowest BCUT2D eigenvalue weighted by molar-refractivity contribution is -0.127. The van der Waals surface area contributed by atoms with Gasteiger partial charge < -0.3 is 15.0 Å². The van der Waals surface area contributed by atoms with E-state index in [4.69, 9.17) is 4.74 Å². The topological polar surface area (TPSA) is 41.6 Å². The first-order valence-electron chi connectivity index (χ1n) is 8.83. The highest BCUT2D eigenvalue weighted by atomic mass is 16.5. The molecule has 3 aromatic carbocycles. The molecule has 0 saturated carbocycles. The molecule has 0 bridgehead atoms. The Labute approximate surface area is 154 Å². The van der Waals surface area contributed by atoms with Crippen molar-refractivity contribution < 1.29 is 9.53 Å². The number of fused-ring (bicyclic) bond motifs is 1. The molecular weight excluding hydrogens is 324 g/mol. The minimum absolute atomic E-state index is 0.112. The van der Waals surface area contributed by atoms with Crippen LogP contribution >= 0.6 is 0 Å². The van der Waals surface area contributed by atoms with E-state index < -0.39 is 6.10 Å². The molecular formula is C22H24N2O2. The predicted octanol–water partition coefficient (Wildman–Crippen LogP) is 3.86. The molecule has 1 N–H and O–H groups in total. The van der Waals surface area contributed by atoms with Gasteiger partial charge in [-0.15, -0.1) is 0 Å². The summed E-state index contributed by atoms with van der Waals surface area (Å²) in [4.78, 5) is 14.5. The standard InChI is InChI=1S/C22H24N2O2/c1-17(26-21-14-8-10-18-9-6-7-13-20(18)21)22(25)23-15-16-24(2)19-11-4-3-5-12-19/h3-14,17H,15-16H2,1-2H3,(H,23,25)/t17-/m0/s1. The fourth-order valence-electron chi connectivity index (χ4n) is 2.84. The first kappa shape index (κ1) is 17.8. The second-order valence-corrected chi connectivity index (χ2v) is 6.29. The molecule has 4 heteroatoms.